The molecule has 6 heteroatoms. The molecule has 0 aromatic rings. The molecule has 6 nitrogen and oxygen atoms in total. The van der Waals surface area contributed by atoms with Crippen molar-refractivity contribution < 1.29 is 28.6 Å². The smallest absolute Gasteiger partial charge is 0.334 e. The van der Waals surface area contributed by atoms with Gasteiger partial charge < -0.3 is 14.2 Å². The van der Waals surface area contributed by atoms with Gasteiger partial charge in [0, 0.05) is 25.3 Å². The molecule has 0 bridgehead atoms. The van der Waals surface area contributed by atoms with Gasteiger partial charge in [0.15, 0.2) is 0 Å². The van der Waals surface area contributed by atoms with Crippen LogP contribution in [-0.2, 0) is 28.6 Å². The molecule has 0 N–H and O–H groups in total. The zero-order chi connectivity index (χ0) is 21.7. The third kappa shape index (κ3) is 5.71. The molecule has 0 amide bonds. The molecule has 1 fully saturated rings. The van der Waals surface area contributed by atoms with E-state index in [1.807, 2.05) is 20.8 Å². The van der Waals surface area contributed by atoms with Gasteiger partial charge in [0.1, 0.15) is 12.2 Å². The molecular formula is C23H34O6. The maximum absolute atomic E-state index is 12.6. The molecule has 162 valence electrons. The number of carbonyl (C=O) groups is 3. The number of carbonyl (C=O) groups excluding carboxylic acids is 3. The molecule has 2 rings (SSSR count). The first-order valence-corrected chi connectivity index (χ1v) is 10.6. The highest BCUT2D eigenvalue weighted by Crippen LogP contribution is 2.45. The normalized spacial score (nSPS) is 25.9. The predicted octanol–water partition coefficient (Wildman–Crippen LogP) is 4.13. The summed E-state index contributed by atoms with van der Waals surface area (Å²) in [7, 11) is 0. The predicted molar refractivity (Wildman–Crippen MR) is 109 cm³/mol. The van der Waals surface area contributed by atoms with Gasteiger partial charge in [-0.3, -0.25) is 9.59 Å². The van der Waals surface area contributed by atoms with Gasteiger partial charge in [0.25, 0.3) is 0 Å². The second kappa shape index (κ2) is 10.1. The first kappa shape index (κ1) is 23.2. The average Bonchev–Trinajstić information content (AvgIpc) is 2.91. The molecule has 2 aliphatic rings. The van der Waals surface area contributed by atoms with E-state index in [4.69, 9.17) is 14.2 Å². The Bertz CT molecular complexity index is 691. The van der Waals surface area contributed by atoms with Gasteiger partial charge in [-0.15, -0.1) is 0 Å². The van der Waals surface area contributed by atoms with Gasteiger partial charge in [-0.2, -0.15) is 0 Å². The third-order valence-corrected chi connectivity index (χ3v) is 6.04. The van der Waals surface area contributed by atoms with Crippen LogP contribution < -0.4 is 0 Å². The lowest BCUT2D eigenvalue weighted by Gasteiger charge is -2.37. The van der Waals surface area contributed by atoms with Crippen LogP contribution in [0, 0.1) is 17.8 Å². The highest BCUT2D eigenvalue weighted by molar-refractivity contribution is 5.91. The van der Waals surface area contributed by atoms with E-state index >= 15 is 0 Å². The number of fused-ring (bicyclic) bond motifs is 1. The summed E-state index contributed by atoms with van der Waals surface area (Å²) in [4.78, 5) is 35.7. The fourth-order valence-corrected chi connectivity index (χ4v) is 4.27. The molecule has 29 heavy (non-hydrogen) atoms. The summed E-state index contributed by atoms with van der Waals surface area (Å²) < 4.78 is 16.5. The van der Waals surface area contributed by atoms with Gasteiger partial charge >= 0.3 is 17.9 Å². The highest BCUT2D eigenvalue weighted by Gasteiger charge is 2.50. The average molecular weight is 407 g/mol. The molecule has 1 heterocycles. The molecule has 1 aliphatic carbocycles. The SMILES string of the molecule is C=C1C(=O)O[C@@H]2CC(C)=C([C@H](C)CCCOC(C)=O)[C@H](OC(=O)C[C@@H](C)CC)[C@H]12. The molecule has 0 radical (unpaired) electrons. The maximum atomic E-state index is 12.6. The van der Waals surface area contributed by atoms with Crippen molar-refractivity contribution in [3.05, 3.63) is 23.3 Å². The summed E-state index contributed by atoms with van der Waals surface area (Å²) >= 11 is 0. The zero-order valence-electron chi connectivity index (χ0n) is 18.3. The summed E-state index contributed by atoms with van der Waals surface area (Å²) in [5.41, 5.74) is 2.52. The van der Waals surface area contributed by atoms with Crippen molar-refractivity contribution in [3.63, 3.8) is 0 Å². The van der Waals surface area contributed by atoms with Crippen molar-refractivity contribution in [2.45, 2.75) is 78.9 Å². The highest BCUT2D eigenvalue weighted by atomic mass is 16.6. The van der Waals surface area contributed by atoms with Crippen molar-refractivity contribution in [1.82, 2.24) is 0 Å². The van der Waals surface area contributed by atoms with E-state index in [0.717, 1.165) is 30.4 Å². The third-order valence-electron chi connectivity index (χ3n) is 6.04. The summed E-state index contributed by atoms with van der Waals surface area (Å²) in [5.74, 6) is -0.923. The van der Waals surface area contributed by atoms with E-state index < -0.39 is 12.1 Å². The largest absolute Gasteiger partial charge is 0.466 e. The minimum absolute atomic E-state index is 0.122. The Balaban J connectivity index is 2.21. The van der Waals surface area contributed by atoms with Crippen LogP contribution in [-0.4, -0.2) is 36.7 Å². The van der Waals surface area contributed by atoms with Crippen molar-refractivity contribution in [1.29, 1.82) is 0 Å². The second-order valence-electron chi connectivity index (χ2n) is 8.45. The zero-order valence-corrected chi connectivity index (χ0v) is 18.3. The van der Waals surface area contributed by atoms with Crippen molar-refractivity contribution in [2.24, 2.45) is 17.8 Å². The number of hydrogen-bond donors (Lipinski definition) is 0. The van der Waals surface area contributed by atoms with E-state index in [-0.39, 0.29) is 35.8 Å². The van der Waals surface area contributed by atoms with Gasteiger partial charge in [-0.25, -0.2) is 4.79 Å². The van der Waals surface area contributed by atoms with Crippen LogP contribution >= 0.6 is 0 Å². The molecule has 1 saturated heterocycles. The van der Waals surface area contributed by atoms with E-state index in [2.05, 4.69) is 13.5 Å². The van der Waals surface area contributed by atoms with Crippen LogP contribution in [0.25, 0.3) is 0 Å². The van der Waals surface area contributed by atoms with E-state index in [1.165, 1.54) is 6.92 Å². The first-order valence-electron chi connectivity index (χ1n) is 10.6. The molecule has 0 saturated carbocycles. The van der Waals surface area contributed by atoms with Crippen molar-refractivity contribution in [2.75, 3.05) is 6.61 Å². The molecule has 0 spiro atoms. The number of rotatable bonds is 9. The van der Waals surface area contributed by atoms with Gasteiger partial charge in [-0.05, 0) is 37.2 Å². The van der Waals surface area contributed by atoms with Crippen molar-refractivity contribution >= 4 is 17.9 Å². The fourth-order valence-electron chi connectivity index (χ4n) is 4.27. The Kier molecular flexibility index (Phi) is 8.05. The van der Waals surface area contributed by atoms with E-state index in [9.17, 15) is 14.4 Å². The Morgan fingerprint density at radius 1 is 1.31 bits per heavy atom. The Labute approximate surface area is 173 Å². The van der Waals surface area contributed by atoms with Crippen LogP contribution in [0.3, 0.4) is 0 Å². The molecule has 0 aromatic heterocycles. The van der Waals surface area contributed by atoms with Crippen LogP contribution in [0.4, 0.5) is 0 Å². The van der Waals surface area contributed by atoms with Gasteiger partial charge in [0.05, 0.1) is 12.5 Å². The van der Waals surface area contributed by atoms with Crippen LogP contribution in [0.15, 0.2) is 23.3 Å². The molecule has 1 aliphatic heterocycles. The Hall–Kier alpha value is -2.11. The first-order chi connectivity index (χ1) is 13.6. The minimum Gasteiger partial charge on any atom is -0.466 e. The summed E-state index contributed by atoms with van der Waals surface area (Å²) in [5, 5.41) is 0. The number of esters is 3. The van der Waals surface area contributed by atoms with E-state index in [1.54, 1.807) is 0 Å². The summed E-state index contributed by atoms with van der Waals surface area (Å²) in [6.07, 6.45) is 2.51. The van der Waals surface area contributed by atoms with Crippen LogP contribution in [0.2, 0.25) is 0 Å². The second-order valence-corrected chi connectivity index (χ2v) is 8.45. The Morgan fingerprint density at radius 2 is 2.00 bits per heavy atom. The maximum Gasteiger partial charge on any atom is 0.334 e. The summed E-state index contributed by atoms with van der Waals surface area (Å²) in [6, 6.07) is 0. The topological polar surface area (TPSA) is 78.9 Å². The monoisotopic (exact) mass is 406 g/mol. The summed E-state index contributed by atoms with van der Waals surface area (Å²) in [6.45, 7) is 13.8. The lowest BCUT2D eigenvalue weighted by Crippen LogP contribution is -2.41. The molecule has 5 atom stereocenters. The standard InChI is InChI=1S/C23H34O6/c1-7-13(2)11-19(25)29-22-20(14(3)9-8-10-27-17(6)24)15(4)12-18-21(22)16(5)23(26)28-18/h13-14,18,21-22H,5,7-12H2,1-4,6H3/t13-,14+,18+,21+,22-/m0/s1. The Morgan fingerprint density at radius 3 is 2.62 bits per heavy atom. The van der Waals surface area contributed by atoms with Gasteiger partial charge in [-0.1, -0.05) is 39.3 Å². The van der Waals surface area contributed by atoms with Gasteiger partial charge in [0.2, 0.25) is 0 Å². The molecule has 0 unspecified atom stereocenters. The van der Waals surface area contributed by atoms with Crippen LogP contribution in [0.1, 0.15) is 66.7 Å². The molecular weight excluding hydrogens is 372 g/mol. The fraction of sp³-hybridized carbons (Fsp3) is 0.696. The van der Waals surface area contributed by atoms with Crippen LogP contribution in [0.5, 0.6) is 0 Å². The van der Waals surface area contributed by atoms with Crippen molar-refractivity contribution in [3.8, 4) is 0 Å². The quantitative estimate of drug-likeness (QED) is 0.188. The minimum atomic E-state index is -0.534. The number of hydrogen-bond acceptors (Lipinski definition) is 6. The lowest BCUT2D eigenvalue weighted by molar-refractivity contribution is -0.152. The molecule has 0 aromatic carbocycles. The van der Waals surface area contributed by atoms with E-state index in [0.29, 0.717) is 25.0 Å². The number of ether oxygens (including phenoxy) is 3. The lowest BCUT2D eigenvalue weighted by atomic mass is 9.73.